The summed E-state index contributed by atoms with van der Waals surface area (Å²) in [6.45, 7) is 0. The number of quaternary nitrogens is 1. The molecule has 0 fully saturated rings. The van der Waals surface area contributed by atoms with Gasteiger partial charge in [-0.25, -0.2) is 0 Å². The lowest BCUT2D eigenvalue weighted by Crippen LogP contribution is -2.31. The lowest BCUT2D eigenvalue weighted by Gasteiger charge is -2.34. The molecule has 1 unspecified atom stereocenters. The maximum Gasteiger partial charge on any atom is 0.157 e. The van der Waals surface area contributed by atoms with E-state index in [1.165, 1.54) is 22.5 Å². The monoisotopic (exact) mass is 518 g/mol. The van der Waals surface area contributed by atoms with Crippen LogP contribution in [-0.4, -0.2) is 6.29 Å². The van der Waals surface area contributed by atoms with E-state index in [1.807, 2.05) is 12.1 Å². The molecule has 168 valence electrons. The van der Waals surface area contributed by atoms with Crippen LogP contribution < -0.4 is 9.22 Å². The Hall–Kier alpha value is -3.99. The number of benzene rings is 5. The first kappa shape index (κ1) is 21.5. The SMILES string of the molecule is O=Cc1ccc(Oc2ccc([N+]3(c4ccccc4)c4ccccc4-c4ccc(Br)cc43)cc2)cc1. The zero-order valence-electron chi connectivity index (χ0n) is 18.8. The summed E-state index contributed by atoms with van der Waals surface area (Å²) in [7, 11) is 0. The summed E-state index contributed by atoms with van der Waals surface area (Å²) in [5, 5.41) is 0. The fraction of sp³-hybridized carbons (Fsp3) is 0. The summed E-state index contributed by atoms with van der Waals surface area (Å²) >= 11 is 3.71. The van der Waals surface area contributed by atoms with Gasteiger partial charge in [0.15, 0.2) is 11.4 Å². The smallest absolute Gasteiger partial charge is 0.157 e. The van der Waals surface area contributed by atoms with Crippen LogP contribution in [0.3, 0.4) is 0 Å². The van der Waals surface area contributed by atoms with Crippen LogP contribution in [0.15, 0.2) is 126 Å². The minimum atomic E-state index is 0.486. The van der Waals surface area contributed by atoms with E-state index < -0.39 is 0 Å². The molecular weight excluding hydrogens is 498 g/mol. The number of para-hydroxylation sites is 2. The third-order valence-electron chi connectivity index (χ3n) is 6.50. The summed E-state index contributed by atoms with van der Waals surface area (Å²) in [5.41, 5.74) is 7.77. The fourth-order valence-electron chi connectivity index (χ4n) is 4.98. The Balaban J connectivity index is 1.52. The Morgan fingerprint density at radius 3 is 1.91 bits per heavy atom. The van der Waals surface area contributed by atoms with E-state index in [4.69, 9.17) is 4.74 Å². The third-order valence-corrected chi connectivity index (χ3v) is 6.99. The normalized spacial score (nSPS) is 15.8. The van der Waals surface area contributed by atoms with Crippen LogP contribution in [0.4, 0.5) is 22.7 Å². The molecule has 5 aromatic carbocycles. The lowest BCUT2D eigenvalue weighted by molar-refractivity contribution is 0.112. The van der Waals surface area contributed by atoms with E-state index in [-0.39, 0.29) is 0 Å². The van der Waals surface area contributed by atoms with Gasteiger partial charge >= 0.3 is 0 Å². The second kappa shape index (κ2) is 8.66. The van der Waals surface area contributed by atoms with E-state index in [1.54, 1.807) is 24.3 Å². The Labute approximate surface area is 212 Å². The Kier molecular flexibility index (Phi) is 5.33. The van der Waals surface area contributed by atoms with E-state index in [9.17, 15) is 4.79 Å². The Bertz CT molecular complexity index is 1530. The lowest BCUT2D eigenvalue weighted by atomic mass is 10.1. The Morgan fingerprint density at radius 1 is 0.600 bits per heavy atom. The first-order chi connectivity index (χ1) is 17.2. The molecular formula is C31H21BrNO2+. The molecule has 4 heteroatoms. The summed E-state index contributed by atoms with van der Waals surface area (Å²) in [6.07, 6.45) is 0.829. The van der Waals surface area contributed by atoms with E-state index in [0.717, 1.165) is 27.9 Å². The van der Waals surface area contributed by atoms with Gasteiger partial charge in [0, 0.05) is 46.4 Å². The van der Waals surface area contributed by atoms with Crippen molar-refractivity contribution in [2.24, 2.45) is 0 Å². The van der Waals surface area contributed by atoms with Crippen LogP contribution in [0.25, 0.3) is 11.1 Å². The average molecular weight is 519 g/mol. The first-order valence-corrected chi connectivity index (χ1v) is 12.2. The molecule has 6 rings (SSSR count). The fourth-order valence-corrected chi connectivity index (χ4v) is 5.33. The minimum Gasteiger partial charge on any atom is -0.457 e. The van der Waals surface area contributed by atoms with Gasteiger partial charge in [-0.2, -0.15) is 4.48 Å². The minimum absolute atomic E-state index is 0.486. The zero-order valence-corrected chi connectivity index (χ0v) is 20.4. The summed E-state index contributed by atoms with van der Waals surface area (Å²) in [6, 6.07) is 41.1. The number of hydrogen-bond acceptors (Lipinski definition) is 2. The second-order valence-electron chi connectivity index (χ2n) is 8.47. The molecule has 3 nitrogen and oxygen atoms in total. The van der Waals surface area contributed by atoms with Crippen molar-refractivity contribution in [2.45, 2.75) is 0 Å². The van der Waals surface area contributed by atoms with Gasteiger partial charge in [-0.1, -0.05) is 46.3 Å². The molecule has 35 heavy (non-hydrogen) atoms. The van der Waals surface area contributed by atoms with Gasteiger partial charge in [-0.3, -0.25) is 4.79 Å². The Morgan fingerprint density at radius 2 is 1.20 bits per heavy atom. The summed E-state index contributed by atoms with van der Waals surface area (Å²) in [5.74, 6) is 1.43. The van der Waals surface area contributed by atoms with Crippen LogP contribution in [0.2, 0.25) is 0 Å². The predicted octanol–water partition coefficient (Wildman–Crippen LogP) is 9.34. The van der Waals surface area contributed by atoms with Crippen molar-refractivity contribution in [3.63, 3.8) is 0 Å². The molecule has 0 aliphatic carbocycles. The van der Waals surface area contributed by atoms with E-state index >= 15 is 0 Å². The molecule has 0 spiro atoms. The topological polar surface area (TPSA) is 26.3 Å². The molecule has 5 aromatic rings. The van der Waals surface area contributed by atoms with Crippen LogP contribution in [0, 0.1) is 0 Å². The highest BCUT2D eigenvalue weighted by Gasteiger charge is 2.47. The van der Waals surface area contributed by atoms with Gasteiger partial charge in [-0.15, -0.1) is 0 Å². The second-order valence-corrected chi connectivity index (χ2v) is 9.38. The molecule has 1 aliphatic heterocycles. The number of ether oxygens (including phenoxy) is 1. The summed E-state index contributed by atoms with van der Waals surface area (Å²) in [4.78, 5) is 10.9. The van der Waals surface area contributed by atoms with Crippen molar-refractivity contribution < 1.29 is 9.53 Å². The number of carbonyl (C=O) groups is 1. The highest BCUT2D eigenvalue weighted by molar-refractivity contribution is 9.10. The number of carbonyl (C=O) groups excluding carboxylic acids is 1. The molecule has 1 aliphatic rings. The number of rotatable bonds is 5. The van der Waals surface area contributed by atoms with Crippen molar-refractivity contribution in [1.82, 2.24) is 4.48 Å². The molecule has 0 amide bonds. The van der Waals surface area contributed by atoms with Crippen molar-refractivity contribution in [1.29, 1.82) is 0 Å². The van der Waals surface area contributed by atoms with Gasteiger partial charge < -0.3 is 4.74 Å². The number of fused-ring (bicyclic) bond motifs is 3. The first-order valence-electron chi connectivity index (χ1n) is 11.4. The van der Waals surface area contributed by atoms with Crippen LogP contribution in [0.1, 0.15) is 10.4 Å². The van der Waals surface area contributed by atoms with Crippen LogP contribution in [0.5, 0.6) is 11.5 Å². The van der Waals surface area contributed by atoms with Crippen molar-refractivity contribution in [2.75, 3.05) is 0 Å². The largest absolute Gasteiger partial charge is 0.457 e. The molecule has 0 bridgehead atoms. The van der Waals surface area contributed by atoms with Crippen molar-refractivity contribution >= 4 is 45.0 Å². The van der Waals surface area contributed by atoms with Crippen LogP contribution in [-0.2, 0) is 0 Å². The highest BCUT2D eigenvalue weighted by atomic mass is 79.9. The van der Waals surface area contributed by atoms with Crippen LogP contribution >= 0.6 is 15.9 Å². The number of halogens is 1. The van der Waals surface area contributed by atoms with Gasteiger partial charge in [0.2, 0.25) is 0 Å². The van der Waals surface area contributed by atoms with Gasteiger partial charge in [-0.05, 0) is 54.6 Å². The molecule has 0 saturated heterocycles. The number of aldehydes is 1. The van der Waals surface area contributed by atoms with Gasteiger partial charge in [0.05, 0.1) is 11.1 Å². The maximum absolute atomic E-state index is 10.9. The molecule has 0 N–H and O–H groups in total. The third kappa shape index (κ3) is 3.50. The molecule has 1 atom stereocenters. The maximum atomic E-state index is 10.9. The molecule has 1 heterocycles. The molecule has 0 aromatic heterocycles. The predicted molar refractivity (Wildman–Crippen MR) is 145 cm³/mol. The van der Waals surface area contributed by atoms with E-state index in [2.05, 4.69) is 101 Å². The molecule has 0 saturated carbocycles. The van der Waals surface area contributed by atoms with Crippen molar-refractivity contribution in [3.8, 4) is 22.6 Å². The quantitative estimate of drug-likeness (QED) is 0.168. The van der Waals surface area contributed by atoms with Gasteiger partial charge in [0.25, 0.3) is 0 Å². The van der Waals surface area contributed by atoms with E-state index in [0.29, 0.717) is 15.8 Å². The number of nitrogens with zero attached hydrogens (tertiary/aromatic N) is 1. The zero-order chi connectivity index (χ0) is 23.8. The standard InChI is InChI=1S/C31H21BrNO2/c32-23-12-19-29-28-8-4-5-9-30(28)33(31(29)20-23,24-6-2-1-3-7-24)25-13-17-27(18-14-25)35-26-15-10-22(21-34)11-16-26/h1-21H/q+1. The summed E-state index contributed by atoms with van der Waals surface area (Å²) < 4.78 is 7.59. The van der Waals surface area contributed by atoms with Crippen molar-refractivity contribution in [3.05, 3.63) is 131 Å². The number of hydrogen-bond donors (Lipinski definition) is 0. The van der Waals surface area contributed by atoms with Gasteiger partial charge in [0.1, 0.15) is 29.2 Å². The average Bonchev–Trinajstić information content (AvgIpc) is 3.20. The molecule has 0 radical (unpaired) electrons. The highest BCUT2D eigenvalue weighted by Crippen LogP contribution is 2.62.